The zero-order valence-electron chi connectivity index (χ0n) is 10.1. The monoisotopic (exact) mass is 281 g/mol. The number of carboxylic acid groups (broad SMARTS) is 1. The van der Waals surface area contributed by atoms with Gasteiger partial charge in [0.15, 0.2) is 5.75 Å². The first-order valence-corrected chi connectivity index (χ1v) is 5.26. The molecule has 1 N–H and O–H groups in total. The number of carbonyl (C=O) groups is 1. The zero-order chi connectivity index (χ0) is 14.9. The second-order valence-electron chi connectivity index (χ2n) is 3.81. The van der Waals surface area contributed by atoms with Crippen LogP contribution in [0.5, 0.6) is 11.5 Å². The smallest absolute Gasteiger partial charge is 0.338 e. The number of aryl methyl sites for hydroxylation is 1. The van der Waals surface area contributed by atoms with Gasteiger partial charge >= 0.3 is 11.7 Å². The normalized spacial score (nSPS) is 10.3. The molecular weight excluding hydrogens is 273 g/mol. The van der Waals surface area contributed by atoms with Crippen molar-refractivity contribution in [2.75, 3.05) is 0 Å². The molecule has 8 nitrogen and oxygen atoms in total. The second kappa shape index (κ2) is 4.96. The maximum absolute atomic E-state index is 13.4. The maximum atomic E-state index is 13.4. The van der Waals surface area contributed by atoms with Gasteiger partial charge in [0.05, 0.1) is 28.9 Å². The lowest BCUT2D eigenvalue weighted by Gasteiger charge is -2.06. The third-order valence-corrected chi connectivity index (χ3v) is 2.38. The number of aromatic nitrogens is 2. The molecule has 0 bridgehead atoms. The average Bonchev–Trinajstić information content (AvgIpc) is 2.76. The topological polar surface area (TPSA) is 107 Å². The van der Waals surface area contributed by atoms with E-state index in [0.29, 0.717) is 6.07 Å². The highest BCUT2D eigenvalue weighted by atomic mass is 19.1. The van der Waals surface area contributed by atoms with E-state index >= 15 is 0 Å². The minimum Gasteiger partial charge on any atom is -0.478 e. The van der Waals surface area contributed by atoms with E-state index in [-0.39, 0.29) is 11.5 Å². The minimum absolute atomic E-state index is 0.165. The van der Waals surface area contributed by atoms with Crippen molar-refractivity contribution in [3.05, 3.63) is 46.0 Å². The van der Waals surface area contributed by atoms with Crippen molar-refractivity contribution in [1.82, 2.24) is 9.78 Å². The van der Waals surface area contributed by atoms with Gasteiger partial charge in [-0.1, -0.05) is 0 Å². The van der Waals surface area contributed by atoms with Crippen molar-refractivity contribution < 1.29 is 24.0 Å². The summed E-state index contributed by atoms with van der Waals surface area (Å²) in [5.41, 5.74) is -1.38. The van der Waals surface area contributed by atoms with Crippen LogP contribution in [0.4, 0.5) is 10.1 Å². The molecule has 2 rings (SSSR count). The van der Waals surface area contributed by atoms with Crippen molar-refractivity contribution in [3.63, 3.8) is 0 Å². The number of rotatable bonds is 4. The van der Waals surface area contributed by atoms with Gasteiger partial charge in [-0.2, -0.15) is 5.10 Å². The number of aromatic carboxylic acids is 1. The van der Waals surface area contributed by atoms with Crippen LogP contribution < -0.4 is 4.74 Å². The Morgan fingerprint density at radius 1 is 1.55 bits per heavy atom. The number of halogens is 1. The van der Waals surface area contributed by atoms with Gasteiger partial charge in [-0.3, -0.25) is 14.8 Å². The van der Waals surface area contributed by atoms with E-state index in [0.717, 1.165) is 6.07 Å². The second-order valence-corrected chi connectivity index (χ2v) is 3.81. The number of nitrogens with zero attached hydrogens (tertiary/aromatic N) is 3. The first-order valence-electron chi connectivity index (χ1n) is 5.26. The van der Waals surface area contributed by atoms with E-state index in [1.54, 1.807) is 7.05 Å². The highest BCUT2D eigenvalue weighted by Crippen LogP contribution is 2.33. The number of hydrogen-bond acceptors (Lipinski definition) is 5. The maximum Gasteiger partial charge on any atom is 0.338 e. The van der Waals surface area contributed by atoms with Crippen LogP contribution in [0.1, 0.15) is 10.4 Å². The molecule has 0 aliphatic rings. The fraction of sp³-hybridized carbons (Fsp3) is 0.0909. The number of hydrogen-bond donors (Lipinski definition) is 1. The molecule has 0 radical (unpaired) electrons. The fourth-order valence-corrected chi connectivity index (χ4v) is 1.51. The summed E-state index contributed by atoms with van der Waals surface area (Å²) < 4.78 is 20.0. The largest absolute Gasteiger partial charge is 0.478 e. The van der Waals surface area contributed by atoms with Crippen LogP contribution in [0.25, 0.3) is 0 Å². The molecule has 0 fully saturated rings. The van der Waals surface area contributed by atoms with Gasteiger partial charge in [-0.25, -0.2) is 9.18 Å². The molecule has 104 valence electrons. The molecule has 0 saturated carbocycles. The third-order valence-electron chi connectivity index (χ3n) is 2.38. The lowest BCUT2D eigenvalue weighted by Crippen LogP contribution is -2.03. The Balaban J connectivity index is 2.50. The number of benzene rings is 1. The van der Waals surface area contributed by atoms with Crippen molar-refractivity contribution in [2.24, 2.45) is 7.05 Å². The van der Waals surface area contributed by atoms with Gasteiger partial charge in [0.2, 0.25) is 5.75 Å². The Kier molecular flexibility index (Phi) is 3.34. The molecule has 9 heteroatoms. The lowest BCUT2D eigenvalue weighted by atomic mass is 10.2. The minimum atomic E-state index is -1.55. The standard InChI is InChI=1S/C11H8FN3O5/c1-14-5-6(4-13-14)20-10-2-7(11(16)17)8(12)3-9(10)15(18)19/h2-5H,1H3,(H,16,17). The van der Waals surface area contributed by atoms with E-state index in [9.17, 15) is 19.3 Å². The first-order chi connectivity index (χ1) is 9.38. The number of carboxylic acids is 1. The molecule has 20 heavy (non-hydrogen) atoms. The van der Waals surface area contributed by atoms with Crippen LogP contribution in [-0.4, -0.2) is 25.8 Å². The van der Waals surface area contributed by atoms with Crippen LogP contribution >= 0.6 is 0 Å². The van der Waals surface area contributed by atoms with Crippen LogP contribution in [0.3, 0.4) is 0 Å². The predicted octanol–water partition coefficient (Wildman–Crippen LogP) is 1.96. The number of nitro groups is 1. The summed E-state index contributed by atoms with van der Waals surface area (Å²) >= 11 is 0. The first kappa shape index (κ1) is 13.5. The molecular formula is C11H8FN3O5. The SMILES string of the molecule is Cn1cc(Oc2cc(C(=O)O)c(F)cc2[N+](=O)[O-])cn1. The molecule has 1 heterocycles. The van der Waals surface area contributed by atoms with E-state index in [1.807, 2.05) is 0 Å². The molecule has 0 unspecified atom stereocenters. The summed E-state index contributed by atoms with van der Waals surface area (Å²) in [5.74, 6) is -2.96. The Morgan fingerprint density at radius 3 is 2.75 bits per heavy atom. The highest BCUT2D eigenvalue weighted by Gasteiger charge is 2.23. The molecule has 2 aromatic rings. The third kappa shape index (κ3) is 2.55. The van der Waals surface area contributed by atoms with Crippen molar-refractivity contribution in [3.8, 4) is 11.5 Å². The Labute approximate surface area is 111 Å². The van der Waals surface area contributed by atoms with Gasteiger partial charge in [-0.05, 0) is 0 Å². The molecule has 1 aromatic carbocycles. The molecule has 1 aromatic heterocycles. The quantitative estimate of drug-likeness (QED) is 0.678. The molecule has 0 spiro atoms. The summed E-state index contributed by atoms with van der Waals surface area (Å²) in [7, 11) is 1.61. The van der Waals surface area contributed by atoms with Crippen LogP contribution in [0.15, 0.2) is 24.5 Å². The van der Waals surface area contributed by atoms with Crippen LogP contribution in [-0.2, 0) is 7.05 Å². The van der Waals surface area contributed by atoms with E-state index < -0.39 is 28.0 Å². The molecule has 0 amide bonds. The Hall–Kier alpha value is -2.97. The lowest BCUT2D eigenvalue weighted by molar-refractivity contribution is -0.385. The number of nitro benzene ring substituents is 1. The summed E-state index contributed by atoms with van der Waals surface area (Å²) in [5, 5.41) is 23.4. The number of ether oxygens (including phenoxy) is 1. The zero-order valence-corrected chi connectivity index (χ0v) is 10.1. The summed E-state index contributed by atoms with van der Waals surface area (Å²) in [6.07, 6.45) is 2.71. The molecule has 0 saturated heterocycles. The van der Waals surface area contributed by atoms with Gasteiger partial charge in [0.1, 0.15) is 5.82 Å². The van der Waals surface area contributed by atoms with Gasteiger partial charge in [0, 0.05) is 13.1 Å². The molecule has 0 aliphatic heterocycles. The fourth-order valence-electron chi connectivity index (χ4n) is 1.51. The summed E-state index contributed by atoms with van der Waals surface area (Å²) in [4.78, 5) is 20.8. The Morgan fingerprint density at radius 2 is 2.25 bits per heavy atom. The van der Waals surface area contributed by atoms with E-state index in [1.165, 1.54) is 17.1 Å². The van der Waals surface area contributed by atoms with Crippen LogP contribution in [0.2, 0.25) is 0 Å². The molecule has 0 atom stereocenters. The van der Waals surface area contributed by atoms with Gasteiger partial charge in [-0.15, -0.1) is 0 Å². The highest BCUT2D eigenvalue weighted by molar-refractivity contribution is 5.89. The molecule has 0 aliphatic carbocycles. The van der Waals surface area contributed by atoms with Gasteiger partial charge < -0.3 is 9.84 Å². The summed E-state index contributed by atoms with van der Waals surface area (Å²) in [6.45, 7) is 0. The summed E-state index contributed by atoms with van der Waals surface area (Å²) in [6, 6.07) is 1.28. The Bertz CT molecular complexity index is 697. The van der Waals surface area contributed by atoms with Gasteiger partial charge in [0.25, 0.3) is 0 Å². The van der Waals surface area contributed by atoms with Crippen molar-refractivity contribution in [2.45, 2.75) is 0 Å². The van der Waals surface area contributed by atoms with Crippen molar-refractivity contribution in [1.29, 1.82) is 0 Å². The van der Waals surface area contributed by atoms with Crippen molar-refractivity contribution >= 4 is 11.7 Å². The average molecular weight is 281 g/mol. The van der Waals surface area contributed by atoms with E-state index in [4.69, 9.17) is 9.84 Å². The van der Waals surface area contributed by atoms with E-state index in [2.05, 4.69) is 5.10 Å². The van der Waals surface area contributed by atoms with Crippen LogP contribution in [0, 0.1) is 15.9 Å². The predicted molar refractivity (Wildman–Crippen MR) is 63.3 cm³/mol.